The van der Waals surface area contributed by atoms with Crippen LogP contribution in [-0.4, -0.2) is 70.2 Å². The molecule has 0 radical (unpaired) electrons. The highest BCUT2D eigenvalue weighted by atomic mass is 19.4. The zero-order valence-corrected chi connectivity index (χ0v) is 25.3. The van der Waals surface area contributed by atoms with E-state index in [2.05, 4.69) is 19.9 Å². The number of hydrogen-bond acceptors (Lipinski definition) is 10. The van der Waals surface area contributed by atoms with Crippen molar-refractivity contribution in [1.29, 1.82) is 0 Å². The number of nitrogen functional groups attached to an aromatic ring is 2. The van der Waals surface area contributed by atoms with E-state index in [0.29, 0.717) is 11.6 Å². The van der Waals surface area contributed by atoms with Gasteiger partial charge in [0.1, 0.15) is 47.3 Å². The molecule has 0 saturated carbocycles. The van der Waals surface area contributed by atoms with Crippen LogP contribution in [0.2, 0.25) is 0 Å². The molecule has 0 unspecified atom stereocenters. The van der Waals surface area contributed by atoms with Crippen LogP contribution >= 0.6 is 0 Å². The van der Waals surface area contributed by atoms with Crippen LogP contribution in [0.1, 0.15) is 36.1 Å². The summed E-state index contributed by atoms with van der Waals surface area (Å²) in [7, 11) is 1.50. The lowest BCUT2D eigenvalue weighted by molar-refractivity contribution is -0.137. The molecular formula is C30H29F7N8O2. The van der Waals surface area contributed by atoms with Crippen LogP contribution in [0.3, 0.4) is 0 Å². The van der Waals surface area contributed by atoms with Crippen LogP contribution in [0, 0.1) is 18.6 Å². The molecule has 0 aliphatic carbocycles. The third kappa shape index (κ3) is 5.76. The molecule has 5 heterocycles. The fourth-order valence-corrected chi connectivity index (χ4v) is 6.12. The summed E-state index contributed by atoms with van der Waals surface area (Å²) in [5.41, 5.74) is 7.22. The Hall–Kier alpha value is -4.67. The minimum absolute atomic E-state index is 0.0437. The first-order valence-electron chi connectivity index (χ1n) is 14.5. The lowest BCUT2D eigenvalue weighted by Crippen LogP contribution is -2.32. The maximum Gasteiger partial charge on any atom is 0.417 e. The molecule has 1 aromatic carbocycles. The normalized spacial score (nSPS) is 18.7. The van der Waals surface area contributed by atoms with Gasteiger partial charge in [-0.2, -0.15) is 23.1 Å². The number of benzene rings is 1. The van der Waals surface area contributed by atoms with Gasteiger partial charge in [-0.1, -0.05) is 6.07 Å². The highest BCUT2D eigenvalue weighted by Crippen LogP contribution is 2.46. The van der Waals surface area contributed by atoms with Crippen molar-refractivity contribution in [2.45, 2.75) is 44.5 Å². The van der Waals surface area contributed by atoms with Gasteiger partial charge >= 0.3 is 12.2 Å². The number of ether oxygens (including phenoxy) is 2. The summed E-state index contributed by atoms with van der Waals surface area (Å²) < 4.78 is 114. The average molecular weight is 667 g/mol. The van der Waals surface area contributed by atoms with E-state index in [9.17, 15) is 26.3 Å². The molecule has 1 saturated heterocycles. The van der Waals surface area contributed by atoms with Crippen LogP contribution in [-0.2, 0) is 6.18 Å². The third-order valence-electron chi connectivity index (χ3n) is 8.45. The monoisotopic (exact) mass is 666 g/mol. The smallest absolute Gasteiger partial charge is 0.417 e. The molecule has 4 aromatic rings. The number of aromatic nitrogens is 4. The van der Waals surface area contributed by atoms with Crippen molar-refractivity contribution < 1.29 is 40.2 Å². The number of likely N-dealkylation sites (N-methyl/N-ethyl adjacent to an activating group) is 1. The minimum Gasteiger partial charge on any atom is -0.475 e. The van der Waals surface area contributed by atoms with Crippen LogP contribution < -0.4 is 25.8 Å². The number of anilines is 3. The Bertz CT molecular complexity index is 1870. The lowest BCUT2D eigenvalue weighted by atomic mass is 9.96. The first kappa shape index (κ1) is 32.3. The largest absolute Gasteiger partial charge is 0.475 e. The summed E-state index contributed by atoms with van der Waals surface area (Å²) in [5.74, 6) is -5.62. The maximum absolute atomic E-state index is 16.6. The van der Waals surface area contributed by atoms with Gasteiger partial charge in [0, 0.05) is 29.8 Å². The van der Waals surface area contributed by atoms with Crippen molar-refractivity contribution in [3.05, 3.63) is 52.7 Å². The van der Waals surface area contributed by atoms with E-state index in [0.717, 1.165) is 6.92 Å². The number of pyridine rings is 2. The third-order valence-corrected chi connectivity index (χ3v) is 8.45. The van der Waals surface area contributed by atoms with Gasteiger partial charge in [0.05, 0.1) is 30.4 Å². The highest BCUT2D eigenvalue weighted by Gasteiger charge is 2.44. The van der Waals surface area contributed by atoms with E-state index in [4.69, 9.17) is 20.9 Å². The molecule has 2 aliphatic rings. The Morgan fingerprint density at radius 3 is 2.55 bits per heavy atom. The zero-order valence-electron chi connectivity index (χ0n) is 25.3. The summed E-state index contributed by atoms with van der Waals surface area (Å²) in [6.45, 7) is 1.90. The van der Waals surface area contributed by atoms with E-state index in [-0.39, 0.29) is 42.7 Å². The molecule has 250 valence electrons. The fourth-order valence-electron chi connectivity index (χ4n) is 6.12. The van der Waals surface area contributed by atoms with Gasteiger partial charge in [0.2, 0.25) is 5.88 Å². The van der Waals surface area contributed by atoms with E-state index in [1.807, 2.05) is 0 Å². The molecule has 0 amide bonds. The van der Waals surface area contributed by atoms with E-state index in [1.54, 1.807) is 24.0 Å². The molecule has 2 aliphatic heterocycles. The SMILES string of the molecule is Cc1c(F)c(N)cc(-c2nc3c4c(nc(OC[C@@H]5CC(F)(F)CN5C)nc4c2F)N([C@H](C)c2cccnc2N)CCO3)c1C(F)(F)F. The van der Waals surface area contributed by atoms with Crippen LogP contribution in [0.15, 0.2) is 24.4 Å². The molecule has 17 heteroatoms. The van der Waals surface area contributed by atoms with Crippen molar-refractivity contribution in [3.63, 3.8) is 0 Å². The van der Waals surface area contributed by atoms with Gasteiger partial charge in [0.25, 0.3) is 5.92 Å². The number of nitrogens with two attached hydrogens (primary N) is 2. The number of rotatable bonds is 6. The molecule has 2 atom stereocenters. The summed E-state index contributed by atoms with van der Waals surface area (Å²) in [4.78, 5) is 20.1. The summed E-state index contributed by atoms with van der Waals surface area (Å²) in [6, 6.07) is 2.34. The zero-order chi connectivity index (χ0) is 34.0. The number of hydrogen-bond donors (Lipinski definition) is 2. The standard InChI is InChI=1S/C30H29F7N8O2/c1-13-20(30(35,36)37)17(9-18(38)21(13)31)23-22(32)24-19-26(43-28(42-24)47-11-15-10-29(33,34)12-44(15)3)45(7-8-46-27(19)41-23)14(2)16-5-4-6-40-25(16)39/h4-6,9,14-15H,7-8,10-12,38H2,1-3H3,(H2,39,40)/t14-,15+/m1/s1. The Balaban J connectivity index is 1.57. The van der Waals surface area contributed by atoms with Crippen molar-refractivity contribution in [3.8, 4) is 23.1 Å². The maximum atomic E-state index is 16.6. The van der Waals surface area contributed by atoms with Crippen molar-refractivity contribution >= 4 is 28.2 Å². The second kappa shape index (κ2) is 11.5. The van der Waals surface area contributed by atoms with Crippen molar-refractivity contribution in [2.24, 2.45) is 0 Å². The fraction of sp³-hybridized carbons (Fsp3) is 0.400. The van der Waals surface area contributed by atoms with Gasteiger partial charge in [-0.25, -0.2) is 27.5 Å². The Morgan fingerprint density at radius 2 is 1.89 bits per heavy atom. The predicted octanol–water partition coefficient (Wildman–Crippen LogP) is 5.53. The first-order valence-corrected chi connectivity index (χ1v) is 14.5. The Labute approximate surface area is 263 Å². The van der Waals surface area contributed by atoms with E-state index < -0.39 is 88.4 Å². The topological polar surface area (TPSA) is 129 Å². The number of nitrogens with zero attached hydrogens (tertiary/aromatic N) is 6. The molecule has 3 aromatic heterocycles. The molecule has 4 N–H and O–H groups in total. The van der Waals surface area contributed by atoms with Gasteiger partial charge in [-0.3, -0.25) is 4.90 Å². The number of halogens is 7. The molecular weight excluding hydrogens is 637 g/mol. The number of likely N-dealkylation sites (tertiary alicyclic amines) is 1. The van der Waals surface area contributed by atoms with Gasteiger partial charge in [0.15, 0.2) is 5.82 Å². The molecule has 0 spiro atoms. The minimum atomic E-state index is -5.12. The molecule has 47 heavy (non-hydrogen) atoms. The lowest BCUT2D eigenvalue weighted by Gasteiger charge is -2.30. The van der Waals surface area contributed by atoms with Gasteiger partial charge in [-0.05, 0) is 38.6 Å². The molecule has 10 nitrogen and oxygen atoms in total. The second-order valence-corrected chi connectivity index (χ2v) is 11.6. The van der Waals surface area contributed by atoms with Crippen LogP contribution in [0.4, 0.5) is 48.1 Å². The molecule has 6 rings (SSSR count). The predicted molar refractivity (Wildman–Crippen MR) is 158 cm³/mol. The van der Waals surface area contributed by atoms with Gasteiger partial charge in [-0.15, -0.1) is 0 Å². The van der Waals surface area contributed by atoms with E-state index in [1.165, 1.54) is 18.1 Å². The quantitative estimate of drug-likeness (QED) is 0.200. The second-order valence-electron chi connectivity index (χ2n) is 11.6. The van der Waals surface area contributed by atoms with Crippen molar-refractivity contribution in [2.75, 3.05) is 49.7 Å². The summed E-state index contributed by atoms with van der Waals surface area (Å²) in [6.07, 6.45) is -4.12. The molecule has 1 fully saturated rings. The van der Waals surface area contributed by atoms with Crippen LogP contribution in [0.5, 0.6) is 11.9 Å². The van der Waals surface area contributed by atoms with Crippen molar-refractivity contribution in [1.82, 2.24) is 24.8 Å². The van der Waals surface area contributed by atoms with Crippen LogP contribution in [0.25, 0.3) is 22.2 Å². The highest BCUT2D eigenvalue weighted by molar-refractivity contribution is 5.97. The Morgan fingerprint density at radius 1 is 1.15 bits per heavy atom. The van der Waals surface area contributed by atoms with Gasteiger partial charge < -0.3 is 25.8 Å². The summed E-state index contributed by atoms with van der Waals surface area (Å²) in [5, 5.41) is -0.0877. The molecule has 0 bridgehead atoms. The first-order chi connectivity index (χ1) is 22.1. The Kier molecular flexibility index (Phi) is 7.92. The number of alkyl halides is 5. The average Bonchev–Trinajstić information content (AvgIpc) is 3.14. The summed E-state index contributed by atoms with van der Waals surface area (Å²) >= 11 is 0. The van der Waals surface area contributed by atoms with E-state index >= 15 is 4.39 Å².